The molecular weight excluding hydrogens is 245 g/mol. The first-order chi connectivity index (χ1) is 7.98. The van der Waals surface area contributed by atoms with E-state index >= 15 is 0 Å². The lowest BCUT2D eigenvalue weighted by molar-refractivity contribution is 0.0702. The molecule has 0 fully saturated rings. The molecule has 0 aromatic heterocycles. The Hall–Kier alpha value is -0.813. The maximum Gasteiger partial charge on any atom is 0.247 e. The van der Waals surface area contributed by atoms with Crippen molar-refractivity contribution in [2.24, 2.45) is 0 Å². The fourth-order valence-electron chi connectivity index (χ4n) is 1.73. The van der Waals surface area contributed by atoms with Crippen LogP contribution in [0.1, 0.15) is 32.3 Å². The maximum atomic E-state index is 13.5. The molecule has 1 aromatic rings. The fraction of sp³-hybridized carbons (Fsp3) is 0.500. The van der Waals surface area contributed by atoms with Gasteiger partial charge in [-0.1, -0.05) is 13.8 Å². The van der Waals surface area contributed by atoms with Crippen LogP contribution in [0.3, 0.4) is 0 Å². The molecule has 1 nitrogen and oxygen atoms in total. The predicted octanol–water partition coefficient (Wildman–Crippen LogP) is 3.31. The van der Waals surface area contributed by atoms with Gasteiger partial charge >= 0.3 is 0 Å². The molecule has 0 aliphatic heterocycles. The van der Waals surface area contributed by atoms with Crippen LogP contribution in [-0.2, 0) is 10.8 Å². The summed E-state index contributed by atoms with van der Waals surface area (Å²) < 4.78 is 44.5. The van der Waals surface area contributed by atoms with Gasteiger partial charge in [-0.3, -0.25) is 0 Å². The van der Waals surface area contributed by atoms with Crippen LogP contribution in [0.15, 0.2) is 12.1 Å². The van der Waals surface area contributed by atoms with E-state index in [0.29, 0.717) is 18.9 Å². The topological polar surface area (TPSA) is 9.23 Å². The third kappa shape index (κ3) is 3.10. The summed E-state index contributed by atoms with van der Waals surface area (Å²) in [6.45, 7) is 3.78. The highest BCUT2D eigenvalue weighted by Crippen LogP contribution is 2.26. The molecule has 0 aliphatic carbocycles. The molecule has 1 rings (SSSR count). The molecule has 0 spiro atoms. The second-order valence-corrected chi connectivity index (χ2v) is 4.23. The highest BCUT2D eigenvalue weighted by molar-refractivity contribution is 5.98. The third-order valence-electron chi connectivity index (χ3n) is 3.11. The van der Waals surface area contributed by atoms with Gasteiger partial charge in [-0.15, -0.1) is 0 Å². The van der Waals surface area contributed by atoms with Crippen molar-refractivity contribution in [3.63, 3.8) is 0 Å². The predicted molar refractivity (Wildman–Crippen MR) is 60.2 cm³/mol. The Morgan fingerprint density at radius 1 is 1.06 bits per heavy atom. The molecular formula is C12H14F3OSi. The van der Waals surface area contributed by atoms with E-state index < -0.39 is 23.1 Å². The van der Waals surface area contributed by atoms with Crippen molar-refractivity contribution in [2.45, 2.75) is 38.7 Å². The third-order valence-corrected chi connectivity index (χ3v) is 3.54. The zero-order valence-corrected chi connectivity index (χ0v) is 10.8. The van der Waals surface area contributed by atoms with Gasteiger partial charge in [-0.2, -0.15) is 0 Å². The van der Waals surface area contributed by atoms with Gasteiger partial charge in [0.15, 0.2) is 11.6 Å². The molecule has 0 saturated heterocycles. The quantitative estimate of drug-likeness (QED) is 0.582. The number of rotatable bonds is 5. The van der Waals surface area contributed by atoms with Gasteiger partial charge in [0.1, 0.15) is 5.82 Å². The second-order valence-electron chi connectivity index (χ2n) is 4.03. The van der Waals surface area contributed by atoms with Crippen LogP contribution in [0.25, 0.3) is 0 Å². The van der Waals surface area contributed by atoms with Gasteiger partial charge in [0.2, 0.25) is 10.5 Å². The molecule has 0 heterocycles. The molecule has 0 N–H and O–H groups in total. The minimum Gasteiger partial charge on any atom is -0.413 e. The average molecular weight is 259 g/mol. The Morgan fingerprint density at radius 2 is 1.59 bits per heavy atom. The van der Waals surface area contributed by atoms with E-state index in [9.17, 15) is 13.2 Å². The summed E-state index contributed by atoms with van der Waals surface area (Å²) in [5.41, 5.74) is -0.493. The first-order valence-electron chi connectivity index (χ1n) is 5.46. The summed E-state index contributed by atoms with van der Waals surface area (Å²) in [4.78, 5) is 0. The molecule has 17 heavy (non-hydrogen) atoms. The number of halogens is 3. The Bertz CT molecular complexity index is 383. The smallest absolute Gasteiger partial charge is 0.247 e. The molecule has 93 valence electrons. The van der Waals surface area contributed by atoms with Crippen LogP contribution in [0.5, 0.6) is 0 Å². The largest absolute Gasteiger partial charge is 0.413 e. The summed E-state index contributed by atoms with van der Waals surface area (Å²) in [5.74, 6) is -2.97. The van der Waals surface area contributed by atoms with Crippen LogP contribution in [0.4, 0.5) is 13.2 Å². The Labute approximate surface area is 103 Å². The van der Waals surface area contributed by atoms with Crippen molar-refractivity contribution >= 4 is 10.5 Å². The molecule has 1 aromatic carbocycles. The highest BCUT2D eigenvalue weighted by Gasteiger charge is 2.27. The van der Waals surface area contributed by atoms with Crippen molar-refractivity contribution in [1.29, 1.82) is 0 Å². The summed E-state index contributed by atoms with van der Waals surface area (Å²) in [7, 11) is 2.97. The van der Waals surface area contributed by atoms with E-state index in [0.717, 1.165) is 6.07 Å². The lowest BCUT2D eigenvalue weighted by atomic mass is 9.89. The monoisotopic (exact) mass is 259 g/mol. The molecule has 3 radical (unpaired) electrons. The Kier molecular flexibility index (Phi) is 4.77. The van der Waals surface area contributed by atoms with Crippen molar-refractivity contribution in [3.8, 4) is 0 Å². The summed E-state index contributed by atoms with van der Waals surface area (Å²) in [6, 6.07) is 1.45. The van der Waals surface area contributed by atoms with E-state index in [1.54, 1.807) is 0 Å². The minimum atomic E-state index is -1.18. The van der Waals surface area contributed by atoms with Crippen LogP contribution in [0, 0.1) is 17.5 Å². The van der Waals surface area contributed by atoms with Crippen molar-refractivity contribution in [1.82, 2.24) is 0 Å². The van der Waals surface area contributed by atoms with Gasteiger partial charge < -0.3 is 4.43 Å². The van der Waals surface area contributed by atoms with Gasteiger partial charge in [-0.05, 0) is 24.5 Å². The van der Waals surface area contributed by atoms with Crippen LogP contribution >= 0.6 is 0 Å². The zero-order chi connectivity index (χ0) is 13.1. The first kappa shape index (κ1) is 14.2. The fourth-order valence-corrected chi connectivity index (χ4v) is 2.09. The summed E-state index contributed by atoms with van der Waals surface area (Å²) in [6.07, 6.45) is 1.45. The normalized spacial score (nSPS) is 11.9. The van der Waals surface area contributed by atoms with Crippen molar-refractivity contribution in [3.05, 3.63) is 35.1 Å². The first-order valence-corrected chi connectivity index (χ1v) is 5.87. The van der Waals surface area contributed by atoms with Crippen LogP contribution in [-0.4, -0.2) is 16.1 Å². The highest BCUT2D eigenvalue weighted by atomic mass is 28.2. The zero-order valence-electron chi connectivity index (χ0n) is 9.82. The van der Waals surface area contributed by atoms with Gasteiger partial charge in [0.25, 0.3) is 0 Å². The summed E-state index contributed by atoms with van der Waals surface area (Å²) >= 11 is 0. The van der Waals surface area contributed by atoms with E-state index in [4.69, 9.17) is 4.43 Å². The average Bonchev–Trinajstić information content (AvgIpc) is 2.33. The molecule has 0 saturated carbocycles. The number of hydrogen-bond acceptors (Lipinski definition) is 1. The van der Waals surface area contributed by atoms with E-state index in [1.807, 2.05) is 13.8 Å². The lowest BCUT2D eigenvalue weighted by Gasteiger charge is -2.31. The molecule has 0 bridgehead atoms. The number of hydrogen-bond donors (Lipinski definition) is 0. The molecule has 0 atom stereocenters. The van der Waals surface area contributed by atoms with Crippen LogP contribution < -0.4 is 0 Å². The Morgan fingerprint density at radius 3 is 2.06 bits per heavy atom. The molecule has 0 aliphatic rings. The maximum absolute atomic E-state index is 13.5. The molecule has 0 amide bonds. The number of benzene rings is 1. The minimum absolute atomic E-state index is 0.117. The van der Waals surface area contributed by atoms with E-state index in [1.165, 1.54) is 0 Å². The van der Waals surface area contributed by atoms with Crippen LogP contribution in [0.2, 0.25) is 0 Å². The van der Waals surface area contributed by atoms with E-state index in [-0.39, 0.29) is 12.0 Å². The Balaban J connectivity index is 3.05. The van der Waals surface area contributed by atoms with E-state index in [2.05, 4.69) is 10.5 Å². The lowest BCUT2D eigenvalue weighted by Crippen LogP contribution is -2.33. The van der Waals surface area contributed by atoms with Gasteiger partial charge in [0, 0.05) is 12.5 Å². The standard InChI is InChI=1S/C12H14F3OSi/c1-3-12(4-2,16-17)7-8-5-10(14)11(15)6-9(8)13/h5-6H,3-4,7H2,1-2H3. The van der Waals surface area contributed by atoms with Gasteiger partial charge in [0.05, 0.1) is 5.60 Å². The van der Waals surface area contributed by atoms with Crippen molar-refractivity contribution in [2.75, 3.05) is 0 Å². The molecule has 5 heteroatoms. The molecule has 0 unspecified atom stereocenters. The summed E-state index contributed by atoms with van der Waals surface area (Å²) in [5, 5.41) is 0. The van der Waals surface area contributed by atoms with Gasteiger partial charge in [-0.25, -0.2) is 13.2 Å². The second kappa shape index (κ2) is 5.69. The SMILES string of the molecule is CCC(CC)(Cc1cc(F)c(F)cc1F)O[Si]. The van der Waals surface area contributed by atoms with Crippen molar-refractivity contribution < 1.29 is 17.6 Å².